The van der Waals surface area contributed by atoms with Crippen LogP contribution < -0.4 is 10.1 Å². The fraction of sp³-hybridized carbons (Fsp3) is 0.0952. The molecule has 0 aliphatic rings. The second-order valence-electron chi connectivity index (χ2n) is 6.11. The molecule has 0 aliphatic carbocycles. The third-order valence-corrected chi connectivity index (χ3v) is 4.24. The number of anilines is 1. The summed E-state index contributed by atoms with van der Waals surface area (Å²) in [5, 5.41) is 11.4. The van der Waals surface area contributed by atoms with E-state index in [2.05, 4.69) is 15.5 Å². The minimum Gasteiger partial charge on any atom is -0.497 e. The van der Waals surface area contributed by atoms with E-state index in [0.717, 1.165) is 34.0 Å². The molecule has 0 radical (unpaired) electrons. The lowest BCUT2D eigenvalue weighted by Crippen LogP contribution is -2.14. The first-order valence-corrected chi connectivity index (χ1v) is 8.56. The van der Waals surface area contributed by atoms with Gasteiger partial charge in [-0.2, -0.15) is 0 Å². The molecule has 1 N–H and O–H groups in total. The number of hydrogen-bond donors (Lipinski definition) is 1. The summed E-state index contributed by atoms with van der Waals surface area (Å²) < 4.78 is 7.05. The third kappa shape index (κ3) is 3.64. The summed E-state index contributed by atoms with van der Waals surface area (Å²) in [5.41, 5.74) is 3.31. The Morgan fingerprint density at radius 2 is 1.89 bits per heavy atom. The van der Waals surface area contributed by atoms with Crippen LogP contribution in [0.1, 0.15) is 5.56 Å². The van der Waals surface area contributed by atoms with Gasteiger partial charge in [-0.05, 0) is 42.0 Å². The molecule has 0 saturated carbocycles. The van der Waals surface area contributed by atoms with Crippen molar-refractivity contribution in [3.63, 3.8) is 0 Å². The lowest BCUT2D eigenvalue weighted by Gasteiger charge is -2.08. The molecular weight excluding hydrogens is 340 g/mol. The van der Waals surface area contributed by atoms with Gasteiger partial charge < -0.3 is 10.1 Å². The second kappa shape index (κ2) is 7.29. The zero-order valence-corrected chi connectivity index (χ0v) is 14.8. The molecule has 0 aliphatic heterocycles. The molecule has 0 fully saturated rings. The number of benzene rings is 2. The summed E-state index contributed by atoms with van der Waals surface area (Å²) in [6.07, 6.45) is 2.21. The molecule has 27 heavy (non-hydrogen) atoms. The Bertz CT molecular complexity index is 1090. The number of fused-ring (bicyclic) bond motifs is 1. The maximum atomic E-state index is 12.4. The highest BCUT2D eigenvalue weighted by Gasteiger charge is 2.09. The molecule has 0 atom stereocenters. The van der Waals surface area contributed by atoms with Crippen molar-refractivity contribution in [1.29, 1.82) is 0 Å². The maximum Gasteiger partial charge on any atom is 0.228 e. The first-order valence-electron chi connectivity index (χ1n) is 8.56. The number of rotatable bonds is 5. The Balaban J connectivity index is 1.51. The average molecular weight is 358 g/mol. The molecule has 4 rings (SSSR count). The summed E-state index contributed by atoms with van der Waals surface area (Å²) in [5.74, 6) is 1.42. The number of carbonyl (C=O) groups excluding carboxylic acids is 1. The number of methoxy groups -OCH3 is 1. The quantitative estimate of drug-likeness (QED) is 0.592. The van der Waals surface area contributed by atoms with E-state index in [1.807, 2.05) is 77.3 Å². The predicted octanol–water partition coefficient (Wildman–Crippen LogP) is 3.59. The van der Waals surface area contributed by atoms with Gasteiger partial charge in [0.1, 0.15) is 5.75 Å². The molecule has 0 bridgehead atoms. The van der Waals surface area contributed by atoms with E-state index in [1.165, 1.54) is 0 Å². The molecular formula is C21H18N4O2. The van der Waals surface area contributed by atoms with Gasteiger partial charge in [0.2, 0.25) is 5.91 Å². The van der Waals surface area contributed by atoms with Crippen LogP contribution in [0, 0.1) is 0 Å². The first-order chi connectivity index (χ1) is 13.2. The molecule has 2 aromatic carbocycles. The number of ether oxygens (including phenoxy) is 1. The van der Waals surface area contributed by atoms with E-state index < -0.39 is 0 Å². The van der Waals surface area contributed by atoms with Crippen molar-refractivity contribution in [2.45, 2.75) is 6.42 Å². The highest BCUT2D eigenvalue weighted by atomic mass is 16.5. The minimum absolute atomic E-state index is 0.0802. The van der Waals surface area contributed by atoms with Crippen molar-refractivity contribution in [1.82, 2.24) is 14.6 Å². The van der Waals surface area contributed by atoms with E-state index in [9.17, 15) is 4.79 Å². The number of carbonyl (C=O) groups is 1. The molecule has 0 unspecified atom stereocenters. The van der Waals surface area contributed by atoms with E-state index >= 15 is 0 Å². The zero-order valence-electron chi connectivity index (χ0n) is 14.8. The molecule has 134 valence electrons. The zero-order chi connectivity index (χ0) is 18.6. The number of amides is 1. The van der Waals surface area contributed by atoms with Crippen molar-refractivity contribution in [3.8, 4) is 17.1 Å². The number of aromatic nitrogens is 3. The largest absolute Gasteiger partial charge is 0.497 e. The van der Waals surface area contributed by atoms with Crippen LogP contribution in [0.2, 0.25) is 0 Å². The van der Waals surface area contributed by atoms with Gasteiger partial charge in [-0.15, -0.1) is 10.2 Å². The van der Waals surface area contributed by atoms with Gasteiger partial charge in [-0.25, -0.2) is 0 Å². The standard InChI is InChI=1S/C21H18N4O2/c1-27-18-10-8-15(9-11-18)13-20(26)22-17-6-4-5-16(14-17)21-24-23-19-7-2-3-12-25(19)21/h2-12,14H,13H2,1H3,(H,22,26). The Morgan fingerprint density at radius 1 is 1.04 bits per heavy atom. The van der Waals surface area contributed by atoms with Crippen molar-refractivity contribution in [2.75, 3.05) is 12.4 Å². The van der Waals surface area contributed by atoms with Gasteiger partial charge in [0.05, 0.1) is 13.5 Å². The Morgan fingerprint density at radius 3 is 2.70 bits per heavy atom. The fourth-order valence-electron chi connectivity index (χ4n) is 2.91. The lowest BCUT2D eigenvalue weighted by molar-refractivity contribution is -0.115. The van der Waals surface area contributed by atoms with Gasteiger partial charge in [0.15, 0.2) is 11.5 Å². The van der Waals surface area contributed by atoms with Crippen molar-refractivity contribution >= 4 is 17.2 Å². The number of nitrogens with one attached hydrogen (secondary N) is 1. The van der Waals surface area contributed by atoms with Crippen LogP contribution in [-0.2, 0) is 11.2 Å². The Hall–Kier alpha value is -3.67. The fourth-order valence-corrected chi connectivity index (χ4v) is 2.91. The van der Waals surface area contributed by atoms with Gasteiger partial charge >= 0.3 is 0 Å². The summed E-state index contributed by atoms with van der Waals surface area (Å²) in [7, 11) is 1.62. The molecule has 0 saturated heterocycles. The van der Waals surface area contributed by atoms with Crippen LogP contribution in [0.25, 0.3) is 17.0 Å². The van der Waals surface area contributed by atoms with Crippen molar-refractivity contribution in [3.05, 3.63) is 78.5 Å². The normalized spacial score (nSPS) is 10.7. The van der Waals surface area contributed by atoms with Gasteiger partial charge in [0.25, 0.3) is 0 Å². The maximum absolute atomic E-state index is 12.4. The summed E-state index contributed by atoms with van der Waals surface area (Å²) in [4.78, 5) is 12.4. The summed E-state index contributed by atoms with van der Waals surface area (Å²) in [6, 6.07) is 20.8. The van der Waals surface area contributed by atoms with Crippen LogP contribution in [0.3, 0.4) is 0 Å². The molecule has 6 heteroatoms. The molecule has 2 aromatic heterocycles. The molecule has 0 spiro atoms. The van der Waals surface area contributed by atoms with Gasteiger partial charge in [0, 0.05) is 17.4 Å². The smallest absolute Gasteiger partial charge is 0.228 e. The van der Waals surface area contributed by atoms with Crippen LogP contribution in [-0.4, -0.2) is 27.6 Å². The van der Waals surface area contributed by atoms with Crippen LogP contribution in [0.15, 0.2) is 72.9 Å². The van der Waals surface area contributed by atoms with Crippen molar-refractivity contribution in [2.24, 2.45) is 0 Å². The minimum atomic E-state index is -0.0802. The van der Waals surface area contributed by atoms with Crippen LogP contribution >= 0.6 is 0 Å². The van der Waals surface area contributed by atoms with Gasteiger partial charge in [-0.1, -0.05) is 30.3 Å². The third-order valence-electron chi connectivity index (χ3n) is 4.24. The lowest BCUT2D eigenvalue weighted by atomic mass is 10.1. The van der Waals surface area contributed by atoms with E-state index in [0.29, 0.717) is 6.42 Å². The Kier molecular flexibility index (Phi) is 4.53. The topological polar surface area (TPSA) is 68.5 Å². The van der Waals surface area contributed by atoms with Crippen molar-refractivity contribution < 1.29 is 9.53 Å². The molecule has 6 nitrogen and oxygen atoms in total. The van der Waals surface area contributed by atoms with E-state index in [-0.39, 0.29) is 5.91 Å². The second-order valence-corrected chi connectivity index (χ2v) is 6.11. The molecule has 2 heterocycles. The molecule has 4 aromatic rings. The number of pyridine rings is 1. The van der Waals surface area contributed by atoms with Gasteiger partial charge in [-0.3, -0.25) is 9.20 Å². The van der Waals surface area contributed by atoms with E-state index in [1.54, 1.807) is 7.11 Å². The summed E-state index contributed by atoms with van der Waals surface area (Å²) >= 11 is 0. The highest BCUT2D eigenvalue weighted by molar-refractivity contribution is 5.92. The number of hydrogen-bond acceptors (Lipinski definition) is 4. The predicted molar refractivity (Wildman–Crippen MR) is 104 cm³/mol. The monoisotopic (exact) mass is 358 g/mol. The van der Waals surface area contributed by atoms with Crippen LogP contribution in [0.5, 0.6) is 5.75 Å². The number of nitrogens with zero attached hydrogens (tertiary/aromatic N) is 3. The molecule has 1 amide bonds. The highest BCUT2D eigenvalue weighted by Crippen LogP contribution is 2.22. The summed E-state index contributed by atoms with van der Waals surface area (Å²) in [6.45, 7) is 0. The van der Waals surface area contributed by atoms with Crippen LogP contribution in [0.4, 0.5) is 5.69 Å². The average Bonchev–Trinajstić information content (AvgIpc) is 3.13. The first kappa shape index (κ1) is 16.8. The van der Waals surface area contributed by atoms with E-state index in [4.69, 9.17) is 4.74 Å². The Labute approximate surface area is 156 Å². The SMILES string of the molecule is COc1ccc(CC(=O)Nc2cccc(-c3nnc4ccccn34)c2)cc1.